The van der Waals surface area contributed by atoms with Crippen LogP contribution in [0.25, 0.3) is 0 Å². The van der Waals surface area contributed by atoms with E-state index in [1.807, 2.05) is 7.05 Å². The Morgan fingerprint density at radius 1 is 1.41 bits per heavy atom. The summed E-state index contributed by atoms with van der Waals surface area (Å²) in [5.74, 6) is 3.11. The Hall–Kier alpha value is 0.350. The maximum absolute atomic E-state index is 4.41. The van der Waals surface area contributed by atoms with Gasteiger partial charge in [0.25, 0.3) is 0 Å². The number of halogens is 1. The molecule has 2 fully saturated rings. The minimum absolute atomic E-state index is 0. The molecule has 0 aromatic heterocycles. The Kier molecular flexibility index (Phi) is 6.40. The molecule has 1 aliphatic carbocycles. The highest BCUT2D eigenvalue weighted by atomic mass is 127. The molecule has 100 valence electrons. The summed E-state index contributed by atoms with van der Waals surface area (Å²) in [6, 6.07) is 0.700. The van der Waals surface area contributed by atoms with Crippen LogP contribution in [-0.4, -0.2) is 48.0 Å². The first kappa shape index (κ1) is 15.4. The van der Waals surface area contributed by atoms with Gasteiger partial charge in [0, 0.05) is 37.2 Å². The van der Waals surface area contributed by atoms with Crippen LogP contribution in [0.3, 0.4) is 0 Å². The van der Waals surface area contributed by atoms with E-state index in [1.54, 1.807) is 0 Å². The van der Waals surface area contributed by atoms with Crippen LogP contribution in [0.2, 0.25) is 0 Å². The Labute approximate surface area is 126 Å². The minimum Gasteiger partial charge on any atom is -0.354 e. The van der Waals surface area contributed by atoms with Crippen LogP contribution in [0.5, 0.6) is 0 Å². The minimum atomic E-state index is 0. The molecule has 3 nitrogen and oxygen atoms in total. The van der Waals surface area contributed by atoms with Gasteiger partial charge in [-0.3, -0.25) is 4.99 Å². The van der Waals surface area contributed by atoms with Crippen molar-refractivity contribution in [2.75, 3.05) is 25.9 Å². The summed E-state index contributed by atoms with van der Waals surface area (Å²) in [4.78, 5) is 6.84. The Morgan fingerprint density at radius 3 is 2.65 bits per heavy atom. The third kappa shape index (κ3) is 4.50. The average molecular weight is 369 g/mol. The summed E-state index contributed by atoms with van der Waals surface area (Å²) in [5.41, 5.74) is 0. The molecule has 0 aromatic rings. The average Bonchev–Trinajstić information content (AvgIpc) is 3.10. The Bertz CT molecular complexity index is 266. The molecule has 1 aliphatic heterocycles. The number of hydrogen-bond acceptors (Lipinski definition) is 2. The summed E-state index contributed by atoms with van der Waals surface area (Å²) in [6.07, 6.45) is 2.63. The molecule has 0 amide bonds. The molecule has 0 bridgehead atoms. The maximum Gasteiger partial charge on any atom is 0.193 e. The summed E-state index contributed by atoms with van der Waals surface area (Å²) < 4.78 is 0. The number of nitrogens with zero attached hydrogens (tertiary/aromatic N) is 2. The first-order chi connectivity index (χ1) is 7.70. The lowest BCUT2D eigenvalue weighted by molar-refractivity contribution is 0.380. The third-order valence-corrected chi connectivity index (χ3v) is 4.80. The van der Waals surface area contributed by atoms with Gasteiger partial charge < -0.3 is 10.2 Å². The SMILES string of the molecule is CN=C(NC1CC1)N1CCSC(C(C)C)C1.I. The van der Waals surface area contributed by atoms with Crippen molar-refractivity contribution in [1.29, 1.82) is 0 Å². The van der Waals surface area contributed by atoms with E-state index in [9.17, 15) is 0 Å². The molecule has 2 aliphatic rings. The molecule has 1 saturated heterocycles. The van der Waals surface area contributed by atoms with Gasteiger partial charge in [-0.15, -0.1) is 24.0 Å². The van der Waals surface area contributed by atoms with Gasteiger partial charge in [0.15, 0.2) is 5.96 Å². The summed E-state index contributed by atoms with van der Waals surface area (Å²) in [7, 11) is 1.90. The highest BCUT2D eigenvalue weighted by molar-refractivity contribution is 14.0. The zero-order valence-electron chi connectivity index (χ0n) is 11.0. The van der Waals surface area contributed by atoms with E-state index in [0.29, 0.717) is 6.04 Å². The number of guanidine groups is 1. The van der Waals surface area contributed by atoms with Gasteiger partial charge in [-0.2, -0.15) is 11.8 Å². The van der Waals surface area contributed by atoms with Gasteiger partial charge in [0.1, 0.15) is 0 Å². The quantitative estimate of drug-likeness (QED) is 0.460. The van der Waals surface area contributed by atoms with Crippen molar-refractivity contribution in [3.63, 3.8) is 0 Å². The number of nitrogens with one attached hydrogen (secondary N) is 1. The fourth-order valence-electron chi connectivity index (χ4n) is 1.98. The number of rotatable bonds is 2. The fourth-order valence-corrected chi connectivity index (χ4v) is 3.28. The molecule has 1 heterocycles. The van der Waals surface area contributed by atoms with Crippen LogP contribution >= 0.6 is 35.7 Å². The van der Waals surface area contributed by atoms with Crippen molar-refractivity contribution in [3.05, 3.63) is 0 Å². The zero-order valence-corrected chi connectivity index (χ0v) is 14.1. The molecule has 1 atom stereocenters. The smallest absolute Gasteiger partial charge is 0.193 e. The van der Waals surface area contributed by atoms with Crippen molar-refractivity contribution in [3.8, 4) is 0 Å². The van der Waals surface area contributed by atoms with Crippen LogP contribution in [0.15, 0.2) is 4.99 Å². The monoisotopic (exact) mass is 369 g/mol. The van der Waals surface area contributed by atoms with Gasteiger partial charge in [-0.1, -0.05) is 13.8 Å². The first-order valence-corrected chi connectivity index (χ1v) is 7.35. The lowest BCUT2D eigenvalue weighted by atomic mass is 10.1. The molecule has 0 spiro atoms. The number of thioether (sulfide) groups is 1. The lowest BCUT2D eigenvalue weighted by Crippen LogP contribution is -2.49. The van der Waals surface area contributed by atoms with Crippen molar-refractivity contribution in [1.82, 2.24) is 10.2 Å². The second kappa shape index (κ2) is 7.07. The van der Waals surface area contributed by atoms with E-state index >= 15 is 0 Å². The van der Waals surface area contributed by atoms with E-state index in [2.05, 4.69) is 40.8 Å². The van der Waals surface area contributed by atoms with Crippen LogP contribution in [-0.2, 0) is 0 Å². The normalized spacial score (nSPS) is 25.8. The van der Waals surface area contributed by atoms with Crippen molar-refractivity contribution in [2.24, 2.45) is 10.9 Å². The second-order valence-corrected chi connectivity index (χ2v) is 6.41. The molecule has 0 aromatic carbocycles. The molecular formula is C12H24IN3S. The van der Waals surface area contributed by atoms with Crippen LogP contribution in [0, 0.1) is 5.92 Å². The fraction of sp³-hybridized carbons (Fsp3) is 0.917. The molecule has 1 unspecified atom stereocenters. The number of aliphatic imine (C=N–C) groups is 1. The van der Waals surface area contributed by atoms with Crippen LogP contribution in [0.4, 0.5) is 0 Å². The van der Waals surface area contributed by atoms with Crippen LogP contribution in [0.1, 0.15) is 26.7 Å². The largest absolute Gasteiger partial charge is 0.354 e. The molecular weight excluding hydrogens is 345 g/mol. The summed E-state index contributed by atoms with van der Waals surface area (Å²) in [6.45, 7) is 6.92. The molecule has 17 heavy (non-hydrogen) atoms. The molecule has 1 saturated carbocycles. The highest BCUT2D eigenvalue weighted by Crippen LogP contribution is 2.25. The van der Waals surface area contributed by atoms with Crippen LogP contribution < -0.4 is 5.32 Å². The van der Waals surface area contributed by atoms with Crippen molar-refractivity contribution >= 4 is 41.7 Å². The predicted octanol–water partition coefficient (Wildman–Crippen LogP) is 2.42. The van der Waals surface area contributed by atoms with E-state index in [0.717, 1.165) is 30.2 Å². The van der Waals surface area contributed by atoms with E-state index in [4.69, 9.17) is 0 Å². The first-order valence-electron chi connectivity index (χ1n) is 6.30. The lowest BCUT2D eigenvalue weighted by Gasteiger charge is -2.36. The standard InChI is InChI=1S/C12H23N3S.HI/c1-9(2)11-8-15(6-7-16-11)12(13-3)14-10-4-5-10;/h9-11H,4-8H2,1-3H3,(H,13,14);1H. The van der Waals surface area contributed by atoms with E-state index < -0.39 is 0 Å². The molecule has 1 N–H and O–H groups in total. The predicted molar refractivity (Wildman–Crippen MR) is 87.6 cm³/mol. The zero-order chi connectivity index (χ0) is 11.5. The van der Waals surface area contributed by atoms with E-state index in [-0.39, 0.29) is 24.0 Å². The second-order valence-electron chi connectivity index (χ2n) is 5.07. The third-order valence-electron chi connectivity index (χ3n) is 3.26. The topological polar surface area (TPSA) is 27.6 Å². The molecule has 5 heteroatoms. The van der Waals surface area contributed by atoms with Crippen molar-refractivity contribution < 1.29 is 0 Å². The maximum atomic E-state index is 4.41. The molecule has 0 radical (unpaired) electrons. The summed E-state index contributed by atoms with van der Waals surface area (Å²) >= 11 is 2.11. The molecule has 2 rings (SSSR count). The van der Waals surface area contributed by atoms with Gasteiger partial charge in [0.2, 0.25) is 0 Å². The highest BCUT2D eigenvalue weighted by Gasteiger charge is 2.28. The summed E-state index contributed by atoms with van der Waals surface area (Å²) in [5, 5.41) is 4.29. The van der Waals surface area contributed by atoms with Gasteiger partial charge >= 0.3 is 0 Å². The van der Waals surface area contributed by atoms with E-state index in [1.165, 1.54) is 18.6 Å². The van der Waals surface area contributed by atoms with Gasteiger partial charge in [-0.05, 0) is 18.8 Å². The number of hydrogen-bond donors (Lipinski definition) is 1. The Balaban J connectivity index is 0.00000144. The Morgan fingerprint density at radius 2 is 2.12 bits per heavy atom. The van der Waals surface area contributed by atoms with Gasteiger partial charge in [-0.25, -0.2) is 0 Å². The van der Waals surface area contributed by atoms with Gasteiger partial charge in [0.05, 0.1) is 0 Å². The van der Waals surface area contributed by atoms with Crippen molar-refractivity contribution in [2.45, 2.75) is 38.0 Å².